The van der Waals surface area contributed by atoms with Crippen LogP contribution in [-0.2, 0) is 16.8 Å². The van der Waals surface area contributed by atoms with Gasteiger partial charge in [-0.1, -0.05) is 9.95 Å². The highest BCUT2D eigenvalue weighted by atomic mass is 32.3. The lowest BCUT2D eigenvalue weighted by Crippen LogP contribution is -2.43. The van der Waals surface area contributed by atoms with Crippen molar-refractivity contribution in [2.24, 2.45) is 0 Å². The first-order valence-electron chi connectivity index (χ1n) is 5.32. The molecule has 1 aromatic carbocycles. The normalized spacial score (nSPS) is 25.6. The molecule has 1 aliphatic heterocycles. The van der Waals surface area contributed by atoms with E-state index in [0.29, 0.717) is 12.0 Å². The summed E-state index contributed by atoms with van der Waals surface area (Å²) in [7, 11) is -4.74. The van der Waals surface area contributed by atoms with Gasteiger partial charge in [0.05, 0.1) is 0 Å². The molecule has 0 bridgehead atoms. The number of nitrogens with zero attached hydrogens (tertiary/aromatic N) is 1. The molecule has 0 fully saturated rings. The third-order valence-corrected chi connectivity index (χ3v) is 4.32. The van der Waals surface area contributed by atoms with Crippen molar-refractivity contribution in [2.75, 3.05) is 0 Å². The third kappa shape index (κ3) is 2.19. The Morgan fingerprint density at radius 1 is 1.35 bits per heavy atom. The van der Waals surface area contributed by atoms with Crippen molar-refractivity contribution in [1.29, 1.82) is 0 Å². The summed E-state index contributed by atoms with van der Waals surface area (Å²) in [6.07, 6.45) is 0.320. The number of rotatable bonds is 1. The average Bonchev–Trinajstić information content (AvgIpc) is 2.13. The van der Waals surface area contributed by atoms with Gasteiger partial charge in [0, 0.05) is 12.1 Å². The van der Waals surface area contributed by atoms with Gasteiger partial charge in [-0.2, -0.15) is 12.7 Å². The lowest BCUT2D eigenvalue weighted by atomic mass is 9.91. The molecule has 0 aliphatic carbocycles. The molecule has 0 aromatic heterocycles. The van der Waals surface area contributed by atoms with Gasteiger partial charge in [0.15, 0.2) is 0 Å². The van der Waals surface area contributed by atoms with Crippen LogP contribution in [0, 0.1) is 5.82 Å². The number of fused-ring (bicyclic) bond motifs is 1. The molecule has 0 radical (unpaired) electrons. The van der Waals surface area contributed by atoms with Crippen LogP contribution < -0.4 is 0 Å². The molecule has 94 valence electrons. The van der Waals surface area contributed by atoms with E-state index < -0.39 is 22.5 Å². The SMILES string of the molecule is CC1Cc2cc(F)ccc2C(C)N1S(=O)(=O)F. The first-order valence-corrected chi connectivity index (χ1v) is 6.66. The smallest absolute Gasteiger partial charge is 0.207 e. The molecule has 0 N–H and O–H groups in total. The van der Waals surface area contributed by atoms with Crippen molar-refractivity contribution < 1.29 is 16.7 Å². The van der Waals surface area contributed by atoms with Gasteiger partial charge in [0.2, 0.25) is 0 Å². The molecule has 3 nitrogen and oxygen atoms in total. The fourth-order valence-corrected chi connectivity index (χ4v) is 3.49. The topological polar surface area (TPSA) is 37.4 Å². The lowest BCUT2D eigenvalue weighted by molar-refractivity contribution is 0.243. The second kappa shape index (κ2) is 4.03. The number of benzene rings is 1. The maximum atomic E-state index is 13.2. The Bertz CT molecular complexity index is 544. The summed E-state index contributed by atoms with van der Waals surface area (Å²) in [6.45, 7) is 3.21. The van der Waals surface area contributed by atoms with Crippen molar-refractivity contribution in [2.45, 2.75) is 32.4 Å². The number of hydrogen-bond acceptors (Lipinski definition) is 2. The van der Waals surface area contributed by atoms with Crippen LogP contribution in [0.3, 0.4) is 0 Å². The second-order valence-electron chi connectivity index (χ2n) is 4.34. The second-order valence-corrected chi connectivity index (χ2v) is 5.59. The predicted octanol–water partition coefficient (Wildman–Crippen LogP) is 2.35. The monoisotopic (exact) mass is 261 g/mol. The summed E-state index contributed by atoms with van der Waals surface area (Å²) < 4.78 is 49.2. The molecule has 1 heterocycles. The van der Waals surface area contributed by atoms with Crippen LogP contribution in [0.15, 0.2) is 18.2 Å². The minimum atomic E-state index is -4.74. The predicted molar refractivity (Wildman–Crippen MR) is 59.8 cm³/mol. The van der Waals surface area contributed by atoms with E-state index in [1.54, 1.807) is 13.8 Å². The fraction of sp³-hybridized carbons (Fsp3) is 0.455. The molecule has 0 spiro atoms. The van der Waals surface area contributed by atoms with Crippen LogP contribution in [0.1, 0.15) is 31.0 Å². The Labute approximate surface area is 99.4 Å². The quantitative estimate of drug-likeness (QED) is 0.728. The van der Waals surface area contributed by atoms with Crippen molar-refractivity contribution in [3.05, 3.63) is 35.1 Å². The zero-order valence-corrected chi connectivity index (χ0v) is 10.3. The highest BCUT2D eigenvalue weighted by molar-refractivity contribution is 7.84. The van der Waals surface area contributed by atoms with Gasteiger partial charge in [0.1, 0.15) is 5.82 Å². The van der Waals surface area contributed by atoms with E-state index in [4.69, 9.17) is 0 Å². The average molecular weight is 261 g/mol. The molecule has 2 rings (SSSR count). The summed E-state index contributed by atoms with van der Waals surface area (Å²) in [5, 5.41) is 0. The van der Waals surface area contributed by atoms with E-state index in [9.17, 15) is 16.7 Å². The highest BCUT2D eigenvalue weighted by Crippen LogP contribution is 2.35. The molecular weight excluding hydrogens is 248 g/mol. The van der Waals surface area contributed by atoms with Gasteiger partial charge in [0.25, 0.3) is 0 Å². The number of hydrogen-bond donors (Lipinski definition) is 0. The van der Waals surface area contributed by atoms with Crippen molar-refractivity contribution >= 4 is 10.4 Å². The molecule has 6 heteroatoms. The standard InChI is InChI=1S/C11H13F2NO2S/c1-7-5-9-6-10(12)3-4-11(9)8(2)14(7)17(13,15)16/h3-4,6-8H,5H2,1-2H3. The Morgan fingerprint density at radius 3 is 2.59 bits per heavy atom. The molecule has 0 saturated heterocycles. The summed E-state index contributed by atoms with van der Waals surface area (Å²) in [5.74, 6) is -0.361. The Balaban J connectivity index is 2.51. The number of halogens is 2. The minimum absolute atomic E-state index is 0.320. The molecule has 0 saturated carbocycles. The van der Waals surface area contributed by atoms with Crippen LogP contribution in [0.2, 0.25) is 0 Å². The zero-order chi connectivity index (χ0) is 12.8. The zero-order valence-electron chi connectivity index (χ0n) is 9.52. The first-order chi connectivity index (χ1) is 7.80. The van der Waals surface area contributed by atoms with Gasteiger partial charge in [-0.05, 0) is 43.5 Å². The molecule has 2 atom stereocenters. The van der Waals surface area contributed by atoms with Gasteiger partial charge < -0.3 is 0 Å². The molecule has 0 amide bonds. The van der Waals surface area contributed by atoms with Crippen LogP contribution >= 0.6 is 0 Å². The largest absolute Gasteiger partial charge is 0.375 e. The molecular formula is C11H13F2NO2S. The minimum Gasteiger partial charge on any atom is -0.207 e. The summed E-state index contributed by atoms with van der Waals surface area (Å²) in [5.41, 5.74) is 1.40. The van der Waals surface area contributed by atoms with E-state index in [1.165, 1.54) is 18.2 Å². The van der Waals surface area contributed by atoms with E-state index in [0.717, 1.165) is 9.87 Å². The van der Waals surface area contributed by atoms with E-state index >= 15 is 0 Å². The third-order valence-electron chi connectivity index (χ3n) is 3.14. The van der Waals surface area contributed by atoms with Gasteiger partial charge in [-0.25, -0.2) is 4.39 Å². The molecule has 1 aromatic rings. The summed E-state index contributed by atoms with van der Waals surface area (Å²) in [4.78, 5) is 0. The maximum absolute atomic E-state index is 13.2. The van der Waals surface area contributed by atoms with Crippen molar-refractivity contribution in [3.8, 4) is 0 Å². The van der Waals surface area contributed by atoms with Crippen LogP contribution in [0.4, 0.5) is 8.28 Å². The van der Waals surface area contributed by atoms with Crippen LogP contribution in [0.25, 0.3) is 0 Å². The van der Waals surface area contributed by atoms with Gasteiger partial charge in [-0.3, -0.25) is 0 Å². The Hall–Kier alpha value is -1.01. The summed E-state index contributed by atoms with van der Waals surface area (Å²) >= 11 is 0. The van der Waals surface area contributed by atoms with E-state index in [1.807, 2.05) is 0 Å². The highest BCUT2D eigenvalue weighted by Gasteiger charge is 2.37. The van der Waals surface area contributed by atoms with Crippen LogP contribution in [-0.4, -0.2) is 18.8 Å². The van der Waals surface area contributed by atoms with E-state index in [-0.39, 0.29) is 5.82 Å². The maximum Gasteiger partial charge on any atom is 0.375 e. The lowest BCUT2D eigenvalue weighted by Gasteiger charge is -2.36. The molecule has 1 aliphatic rings. The Kier molecular flexibility index (Phi) is 2.95. The van der Waals surface area contributed by atoms with Crippen molar-refractivity contribution in [3.63, 3.8) is 0 Å². The summed E-state index contributed by atoms with van der Waals surface area (Å²) in [6, 6.07) is 3.04. The van der Waals surface area contributed by atoms with Crippen molar-refractivity contribution in [1.82, 2.24) is 4.31 Å². The van der Waals surface area contributed by atoms with Gasteiger partial charge >= 0.3 is 10.4 Å². The first kappa shape index (κ1) is 12.4. The fourth-order valence-electron chi connectivity index (χ4n) is 2.49. The van der Waals surface area contributed by atoms with E-state index in [2.05, 4.69) is 0 Å². The molecule has 17 heavy (non-hydrogen) atoms. The van der Waals surface area contributed by atoms with Gasteiger partial charge in [-0.15, -0.1) is 0 Å². The van der Waals surface area contributed by atoms with Crippen LogP contribution in [0.5, 0.6) is 0 Å². The Morgan fingerprint density at radius 2 is 2.00 bits per heavy atom. The molecule has 2 unspecified atom stereocenters.